The Hall–Kier alpha value is -0.840. The van der Waals surface area contributed by atoms with Crippen LogP contribution in [0.25, 0.3) is 0 Å². The van der Waals surface area contributed by atoms with Gasteiger partial charge in [0.2, 0.25) is 0 Å². The van der Waals surface area contributed by atoms with Gasteiger partial charge in [-0.2, -0.15) is 0 Å². The van der Waals surface area contributed by atoms with E-state index in [1.54, 1.807) is 6.26 Å². The van der Waals surface area contributed by atoms with Crippen LogP contribution in [0.5, 0.6) is 0 Å². The van der Waals surface area contributed by atoms with Gasteiger partial charge >= 0.3 is 0 Å². The Morgan fingerprint density at radius 2 is 2.16 bits per heavy atom. The van der Waals surface area contributed by atoms with Crippen molar-refractivity contribution < 1.29 is 9.52 Å². The Balaban J connectivity index is 2.05. The van der Waals surface area contributed by atoms with E-state index < -0.39 is 0 Å². The second-order valence-electron chi connectivity index (χ2n) is 5.65. The van der Waals surface area contributed by atoms with E-state index in [0.717, 1.165) is 38.1 Å². The summed E-state index contributed by atoms with van der Waals surface area (Å²) in [5.41, 5.74) is 6.28. The van der Waals surface area contributed by atoms with Crippen LogP contribution >= 0.6 is 0 Å². The molecule has 3 atom stereocenters. The van der Waals surface area contributed by atoms with Crippen LogP contribution in [0.1, 0.15) is 44.9 Å². The normalized spacial score (nSPS) is 23.2. The molecule has 1 aliphatic rings. The van der Waals surface area contributed by atoms with Crippen molar-refractivity contribution >= 4 is 0 Å². The van der Waals surface area contributed by atoms with E-state index in [1.807, 2.05) is 19.1 Å². The molecule has 0 amide bonds. The highest BCUT2D eigenvalue weighted by molar-refractivity contribution is 5.08. The van der Waals surface area contributed by atoms with Crippen molar-refractivity contribution in [2.45, 2.75) is 51.3 Å². The summed E-state index contributed by atoms with van der Waals surface area (Å²) in [6.45, 7) is 5.97. The lowest BCUT2D eigenvalue weighted by Gasteiger charge is -2.39. The Bertz CT molecular complexity index is 356. The highest BCUT2D eigenvalue weighted by Gasteiger charge is 2.32. The van der Waals surface area contributed by atoms with Gasteiger partial charge in [0.15, 0.2) is 0 Å². The average Bonchev–Trinajstić information content (AvgIpc) is 2.93. The molecule has 1 aromatic heterocycles. The zero-order valence-electron chi connectivity index (χ0n) is 12.0. The molecule has 3 unspecified atom stereocenters. The molecule has 0 aromatic carbocycles. The van der Waals surface area contributed by atoms with E-state index in [2.05, 4.69) is 11.8 Å². The number of nitrogens with two attached hydrogens (primary N) is 1. The number of piperidine rings is 1. The fourth-order valence-corrected chi connectivity index (χ4v) is 3.02. The summed E-state index contributed by atoms with van der Waals surface area (Å²) in [5, 5.41) is 9.68. The van der Waals surface area contributed by atoms with Gasteiger partial charge in [0.25, 0.3) is 0 Å². The van der Waals surface area contributed by atoms with Gasteiger partial charge in [0.1, 0.15) is 5.76 Å². The summed E-state index contributed by atoms with van der Waals surface area (Å²) in [6.07, 6.45) is 4.51. The molecular formula is C15H26N2O2. The number of aliphatic hydroxyl groups is 1. The number of aliphatic hydroxyl groups excluding tert-OH is 1. The third-order valence-electron chi connectivity index (χ3n) is 4.36. The van der Waals surface area contributed by atoms with Crippen LogP contribution in [-0.4, -0.2) is 35.2 Å². The highest BCUT2D eigenvalue weighted by atomic mass is 16.3. The van der Waals surface area contributed by atoms with Gasteiger partial charge in [-0.1, -0.05) is 6.92 Å². The van der Waals surface area contributed by atoms with Crippen molar-refractivity contribution in [2.75, 3.05) is 13.1 Å². The first kappa shape index (κ1) is 14.6. The van der Waals surface area contributed by atoms with E-state index in [0.29, 0.717) is 5.92 Å². The van der Waals surface area contributed by atoms with E-state index in [9.17, 15) is 5.11 Å². The maximum Gasteiger partial charge on any atom is 0.122 e. The van der Waals surface area contributed by atoms with Crippen LogP contribution < -0.4 is 5.73 Å². The lowest BCUT2D eigenvalue weighted by Crippen LogP contribution is -2.45. The van der Waals surface area contributed by atoms with Gasteiger partial charge < -0.3 is 15.3 Å². The first-order valence-electron chi connectivity index (χ1n) is 7.34. The molecule has 19 heavy (non-hydrogen) atoms. The number of likely N-dealkylation sites (tertiary alicyclic amines) is 1. The quantitative estimate of drug-likeness (QED) is 0.857. The summed E-state index contributed by atoms with van der Waals surface area (Å²) >= 11 is 0. The molecular weight excluding hydrogens is 240 g/mol. The van der Waals surface area contributed by atoms with Crippen molar-refractivity contribution in [1.82, 2.24) is 4.90 Å². The van der Waals surface area contributed by atoms with Crippen molar-refractivity contribution in [2.24, 2.45) is 11.7 Å². The minimum absolute atomic E-state index is 0.0919. The standard InChI is InChI=1S/C15H26N2O2/c1-3-13(16)15(14-5-4-10-19-14)17-8-6-12(7-9-17)11(2)18/h4-5,10-13,15,18H,3,6-9,16H2,1-2H3. The molecule has 1 saturated heterocycles. The molecule has 0 bridgehead atoms. The molecule has 1 aliphatic heterocycles. The van der Waals surface area contributed by atoms with Gasteiger partial charge in [-0.15, -0.1) is 0 Å². The maximum atomic E-state index is 9.68. The average molecular weight is 266 g/mol. The first-order chi connectivity index (χ1) is 9.13. The number of hydrogen-bond donors (Lipinski definition) is 2. The molecule has 0 aliphatic carbocycles. The molecule has 4 heteroatoms. The molecule has 4 nitrogen and oxygen atoms in total. The van der Waals surface area contributed by atoms with E-state index in [-0.39, 0.29) is 18.2 Å². The predicted octanol–water partition coefficient (Wildman–Crippen LogP) is 2.15. The van der Waals surface area contributed by atoms with Crippen molar-refractivity contribution in [3.8, 4) is 0 Å². The Labute approximate surface area is 115 Å². The van der Waals surface area contributed by atoms with Gasteiger partial charge in [-0.3, -0.25) is 4.90 Å². The monoisotopic (exact) mass is 266 g/mol. The summed E-state index contributed by atoms with van der Waals surface area (Å²) in [5.74, 6) is 1.39. The molecule has 0 radical (unpaired) electrons. The predicted molar refractivity (Wildman–Crippen MR) is 75.7 cm³/mol. The van der Waals surface area contributed by atoms with Crippen LogP contribution in [0.4, 0.5) is 0 Å². The van der Waals surface area contributed by atoms with Gasteiger partial charge in [0, 0.05) is 6.04 Å². The molecule has 0 saturated carbocycles. The Kier molecular flexibility index (Phi) is 5.02. The van der Waals surface area contributed by atoms with Crippen molar-refractivity contribution in [1.29, 1.82) is 0 Å². The zero-order chi connectivity index (χ0) is 13.8. The summed E-state index contributed by atoms with van der Waals surface area (Å²) in [6, 6.07) is 4.19. The van der Waals surface area contributed by atoms with Crippen LogP contribution in [-0.2, 0) is 0 Å². The van der Waals surface area contributed by atoms with Gasteiger partial charge in [-0.05, 0) is 57.3 Å². The molecule has 2 heterocycles. The lowest BCUT2D eigenvalue weighted by molar-refractivity contribution is 0.0444. The van der Waals surface area contributed by atoms with E-state index in [4.69, 9.17) is 10.2 Å². The molecule has 0 spiro atoms. The highest BCUT2D eigenvalue weighted by Crippen LogP contribution is 2.31. The SMILES string of the molecule is CCC(N)C(c1ccco1)N1CCC(C(C)O)CC1. The minimum atomic E-state index is -0.205. The topological polar surface area (TPSA) is 62.6 Å². The number of furan rings is 1. The fraction of sp³-hybridized carbons (Fsp3) is 0.733. The fourth-order valence-electron chi connectivity index (χ4n) is 3.02. The third-order valence-corrected chi connectivity index (χ3v) is 4.36. The molecule has 3 N–H and O–H groups in total. The lowest BCUT2D eigenvalue weighted by atomic mass is 9.90. The van der Waals surface area contributed by atoms with E-state index in [1.165, 1.54) is 0 Å². The summed E-state index contributed by atoms with van der Waals surface area (Å²) in [4.78, 5) is 2.41. The zero-order valence-corrected chi connectivity index (χ0v) is 12.0. The van der Waals surface area contributed by atoms with Crippen LogP contribution in [0.2, 0.25) is 0 Å². The Morgan fingerprint density at radius 3 is 2.63 bits per heavy atom. The van der Waals surface area contributed by atoms with Gasteiger partial charge in [0.05, 0.1) is 18.4 Å². The smallest absolute Gasteiger partial charge is 0.122 e. The number of nitrogens with zero attached hydrogens (tertiary/aromatic N) is 1. The molecule has 1 fully saturated rings. The second kappa shape index (κ2) is 6.55. The van der Waals surface area contributed by atoms with Crippen LogP contribution in [0, 0.1) is 5.92 Å². The second-order valence-corrected chi connectivity index (χ2v) is 5.65. The first-order valence-corrected chi connectivity index (χ1v) is 7.34. The summed E-state index contributed by atoms with van der Waals surface area (Å²) < 4.78 is 5.58. The minimum Gasteiger partial charge on any atom is -0.468 e. The van der Waals surface area contributed by atoms with Gasteiger partial charge in [-0.25, -0.2) is 0 Å². The number of hydrogen-bond acceptors (Lipinski definition) is 4. The summed E-state index contributed by atoms with van der Waals surface area (Å²) in [7, 11) is 0. The largest absolute Gasteiger partial charge is 0.468 e. The number of rotatable bonds is 5. The maximum absolute atomic E-state index is 9.68. The molecule has 2 rings (SSSR count). The van der Waals surface area contributed by atoms with Crippen LogP contribution in [0.3, 0.4) is 0 Å². The Morgan fingerprint density at radius 1 is 1.47 bits per heavy atom. The van der Waals surface area contributed by atoms with Crippen molar-refractivity contribution in [3.63, 3.8) is 0 Å². The third kappa shape index (κ3) is 3.38. The van der Waals surface area contributed by atoms with Crippen LogP contribution in [0.15, 0.2) is 22.8 Å². The van der Waals surface area contributed by atoms with Crippen molar-refractivity contribution in [3.05, 3.63) is 24.2 Å². The van der Waals surface area contributed by atoms with E-state index >= 15 is 0 Å². The molecule has 108 valence electrons. The molecule has 1 aromatic rings.